The normalized spacial score (nSPS) is 12.6. The number of primary amides is 2. The van der Waals surface area contributed by atoms with Crippen molar-refractivity contribution in [2.75, 3.05) is 10.6 Å². The van der Waals surface area contributed by atoms with Crippen LogP contribution < -0.4 is 22.1 Å². The van der Waals surface area contributed by atoms with Gasteiger partial charge < -0.3 is 27.5 Å². The maximum Gasteiger partial charge on any atom is 0.271 e. The lowest BCUT2D eigenvalue weighted by atomic mass is 10.1. The summed E-state index contributed by atoms with van der Waals surface area (Å²) in [6.07, 6.45) is 2.76. The first-order valence-electron chi connectivity index (χ1n) is 7.10. The number of hydrogen-bond acceptors (Lipinski definition) is 8. The number of carbonyl (C=O) groups is 2. The SMILES string of the molecule is CC(C)C(=N)/C=C(\S)Nc1nc(N[C@H](C)C(N)=O)cnc1C(N)=O. The summed E-state index contributed by atoms with van der Waals surface area (Å²) < 4.78 is 0. The van der Waals surface area contributed by atoms with E-state index in [1.807, 2.05) is 13.8 Å². The molecule has 1 atom stereocenters. The third kappa shape index (κ3) is 5.54. The molecule has 1 aromatic rings. The van der Waals surface area contributed by atoms with Crippen molar-refractivity contribution < 1.29 is 9.59 Å². The smallest absolute Gasteiger partial charge is 0.271 e. The number of hydrogen-bond donors (Lipinski definition) is 6. The second-order valence-corrected chi connectivity index (χ2v) is 5.83. The first-order chi connectivity index (χ1) is 11.1. The second kappa shape index (κ2) is 8.29. The molecule has 9 nitrogen and oxygen atoms in total. The summed E-state index contributed by atoms with van der Waals surface area (Å²) >= 11 is 4.22. The topological polar surface area (TPSA) is 160 Å². The maximum absolute atomic E-state index is 11.5. The zero-order valence-corrected chi connectivity index (χ0v) is 14.5. The van der Waals surface area contributed by atoms with Crippen LogP contribution in [0.4, 0.5) is 11.6 Å². The summed E-state index contributed by atoms with van der Waals surface area (Å²) in [4.78, 5) is 30.7. The molecule has 0 spiro atoms. The summed E-state index contributed by atoms with van der Waals surface area (Å²) in [5, 5.41) is 13.6. The average Bonchev–Trinajstić information content (AvgIpc) is 2.46. The van der Waals surface area contributed by atoms with Gasteiger partial charge >= 0.3 is 0 Å². The van der Waals surface area contributed by atoms with Crippen LogP contribution in [0.15, 0.2) is 17.3 Å². The van der Waals surface area contributed by atoms with Crippen LogP contribution in [0.2, 0.25) is 0 Å². The molecule has 0 unspecified atom stereocenters. The quantitative estimate of drug-likeness (QED) is 0.299. The molecule has 0 aromatic carbocycles. The van der Waals surface area contributed by atoms with E-state index in [2.05, 4.69) is 33.2 Å². The summed E-state index contributed by atoms with van der Waals surface area (Å²) in [5.74, 6) is -1.04. The van der Waals surface area contributed by atoms with Gasteiger partial charge in [0.25, 0.3) is 5.91 Å². The molecule has 1 aromatic heterocycles. The summed E-state index contributed by atoms with van der Waals surface area (Å²) in [7, 11) is 0. The summed E-state index contributed by atoms with van der Waals surface area (Å²) in [5.41, 5.74) is 10.7. The van der Waals surface area contributed by atoms with Gasteiger partial charge in [-0.05, 0) is 18.9 Å². The largest absolute Gasteiger partial charge is 0.368 e. The highest BCUT2D eigenvalue weighted by atomic mass is 32.1. The molecule has 0 aliphatic heterocycles. The van der Waals surface area contributed by atoms with Crippen LogP contribution in [-0.2, 0) is 4.79 Å². The Labute approximate surface area is 145 Å². The molecule has 0 saturated carbocycles. The van der Waals surface area contributed by atoms with Gasteiger partial charge in [-0.3, -0.25) is 9.59 Å². The Bertz CT molecular complexity index is 688. The van der Waals surface area contributed by atoms with E-state index in [9.17, 15) is 9.59 Å². The molecule has 0 bridgehead atoms. The number of anilines is 2. The van der Waals surface area contributed by atoms with Crippen molar-refractivity contribution in [2.24, 2.45) is 17.4 Å². The van der Waals surface area contributed by atoms with E-state index in [4.69, 9.17) is 16.9 Å². The van der Waals surface area contributed by atoms with Gasteiger partial charge in [-0.25, -0.2) is 9.97 Å². The highest BCUT2D eigenvalue weighted by Gasteiger charge is 2.16. The first kappa shape index (κ1) is 19.4. The predicted molar refractivity (Wildman–Crippen MR) is 96.1 cm³/mol. The molecule has 0 saturated heterocycles. The monoisotopic (exact) mass is 351 g/mol. The van der Waals surface area contributed by atoms with Gasteiger partial charge in [-0.2, -0.15) is 0 Å². The third-order valence-electron chi connectivity index (χ3n) is 2.96. The number of carbonyl (C=O) groups excluding carboxylic acids is 2. The van der Waals surface area contributed by atoms with Gasteiger partial charge in [0.05, 0.1) is 11.2 Å². The summed E-state index contributed by atoms with van der Waals surface area (Å²) in [6, 6.07) is -0.674. The van der Waals surface area contributed by atoms with Crippen LogP contribution in [0.5, 0.6) is 0 Å². The number of nitrogens with zero attached hydrogens (tertiary/aromatic N) is 2. The minimum Gasteiger partial charge on any atom is -0.368 e. The molecular formula is C14H21N7O2S. The van der Waals surface area contributed by atoms with Crippen molar-refractivity contribution in [1.82, 2.24) is 9.97 Å². The van der Waals surface area contributed by atoms with E-state index in [1.54, 1.807) is 6.92 Å². The molecule has 10 heteroatoms. The molecule has 0 aliphatic carbocycles. The van der Waals surface area contributed by atoms with E-state index >= 15 is 0 Å². The van der Waals surface area contributed by atoms with Crippen LogP contribution in [0.25, 0.3) is 0 Å². The summed E-state index contributed by atoms with van der Waals surface area (Å²) in [6.45, 7) is 5.29. The van der Waals surface area contributed by atoms with Crippen LogP contribution >= 0.6 is 12.6 Å². The highest BCUT2D eigenvalue weighted by Crippen LogP contribution is 2.17. The first-order valence-corrected chi connectivity index (χ1v) is 7.55. The Morgan fingerprint density at radius 3 is 2.46 bits per heavy atom. The molecule has 1 rings (SSSR count). The van der Waals surface area contributed by atoms with Gasteiger partial charge in [-0.1, -0.05) is 13.8 Å². The van der Waals surface area contributed by atoms with Gasteiger partial charge in [0.1, 0.15) is 11.9 Å². The van der Waals surface area contributed by atoms with Crippen LogP contribution in [-0.4, -0.2) is 33.5 Å². The van der Waals surface area contributed by atoms with Crippen LogP contribution in [0.1, 0.15) is 31.3 Å². The number of nitrogens with one attached hydrogen (secondary N) is 3. The van der Waals surface area contributed by atoms with E-state index in [-0.39, 0.29) is 23.2 Å². The Kier molecular flexibility index (Phi) is 6.71. The number of nitrogens with two attached hydrogens (primary N) is 2. The lowest BCUT2D eigenvalue weighted by Crippen LogP contribution is -2.33. The Morgan fingerprint density at radius 2 is 1.96 bits per heavy atom. The number of rotatable bonds is 8. The Hall–Kier alpha value is -2.62. The predicted octanol–water partition coefficient (Wildman–Crippen LogP) is 0.720. The standard InChI is InChI=1S/C14H21N7O2S/c1-6(2)8(15)4-10(24)21-14-11(13(17)23)18-5-9(20-14)19-7(3)12(16)22/h4-7,15,24H,1-3H3,(H2,16,22)(H2,17,23)(H2,19,20,21)/b10-4-,15-8?/t7-/m1/s1. The van der Waals surface area contributed by atoms with Crippen molar-refractivity contribution in [1.29, 1.82) is 5.41 Å². The van der Waals surface area contributed by atoms with E-state index in [1.165, 1.54) is 12.3 Å². The fourth-order valence-corrected chi connectivity index (χ4v) is 1.74. The van der Waals surface area contributed by atoms with Gasteiger partial charge in [0.2, 0.25) is 5.91 Å². The lowest BCUT2D eigenvalue weighted by Gasteiger charge is -2.14. The van der Waals surface area contributed by atoms with Crippen molar-refractivity contribution in [3.8, 4) is 0 Å². The van der Waals surface area contributed by atoms with Crippen LogP contribution in [0, 0.1) is 11.3 Å². The minimum absolute atomic E-state index is 0.0139. The van der Waals surface area contributed by atoms with Crippen molar-refractivity contribution in [3.63, 3.8) is 0 Å². The third-order valence-corrected chi connectivity index (χ3v) is 3.20. The number of thiol groups is 1. The molecule has 2 amide bonds. The van der Waals surface area contributed by atoms with Gasteiger partial charge in [0.15, 0.2) is 11.5 Å². The van der Waals surface area contributed by atoms with Crippen molar-refractivity contribution in [3.05, 3.63) is 23.0 Å². The zero-order valence-electron chi connectivity index (χ0n) is 13.6. The lowest BCUT2D eigenvalue weighted by molar-refractivity contribution is -0.118. The van der Waals surface area contributed by atoms with Gasteiger partial charge in [-0.15, -0.1) is 12.6 Å². The highest BCUT2D eigenvalue weighted by molar-refractivity contribution is 7.84. The fourth-order valence-electron chi connectivity index (χ4n) is 1.49. The number of amides is 2. The number of allylic oxidation sites excluding steroid dienone is 1. The Balaban J connectivity index is 3.11. The molecule has 130 valence electrons. The van der Waals surface area contributed by atoms with E-state index in [0.29, 0.717) is 10.7 Å². The molecule has 0 aliphatic rings. The van der Waals surface area contributed by atoms with Crippen molar-refractivity contribution >= 4 is 41.8 Å². The molecule has 0 fully saturated rings. The van der Waals surface area contributed by atoms with E-state index in [0.717, 1.165) is 0 Å². The molecule has 1 heterocycles. The molecule has 24 heavy (non-hydrogen) atoms. The Morgan fingerprint density at radius 1 is 1.33 bits per heavy atom. The van der Waals surface area contributed by atoms with Gasteiger partial charge in [0, 0.05) is 5.71 Å². The van der Waals surface area contributed by atoms with Crippen molar-refractivity contribution in [2.45, 2.75) is 26.8 Å². The fraction of sp³-hybridized carbons (Fsp3) is 0.357. The maximum atomic E-state index is 11.5. The second-order valence-electron chi connectivity index (χ2n) is 5.35. The van der Waals surface area contributed by atoms with Crippen LogP contribution in [0.3, 0.4) is 0 Å². The van der Waals surface area contributed by atoms with E-state index < -0.39 is 17.9 Å². The average molecular weight is 351 g/mol. The minimum atomic E-state index is -0.778. The molecular weight excluding hydrogens is 330 g/mol. The molecule has 0 radical (unpaired) electrons. The zero-order chi connectivity index (χ0) is 18.4. The number of aromatic nitrogens is 2. The molecule has 7 N–H and O–H groups in total.